The number of hydrogen-bond donors (Lipinski definition) is 0. The van der Waals surface area contributed by atoms with Crippen LogP contribution in [0.2, 0.25) is 10.3 Å². The molecule has 6 heteroatoms. The third-order valence-corrected chi connectivity index (χ3v) is 3.16. The Labute approximate surface area is 111 Å². The van der Waals surface area contributed by atoms with E-state index in [1.165, 1.54) is 0 Å². The van der Waals surface area contributed by atoms with Crippen LogP contribution < -0.4 is 0 Å². The standard InChI is InChI=1S/C10H6BrCl2N3/c1-5-8(12)15-10(16-9(5)13)6-2-7(11)4-14-3-6/h2-4H,1H3. The lowest BCUT2D eigenvalue weighted by Gasteiger charge is -2.04. The molecule has 0 saturated heterocycles. The van der Waals surface area contributed by atoms with Gasteiger partial charge in [-0.2, -0.15) is 0 Å². The first kappa shape index (κ1) is 11.8. The minimum absolute atomic E-state index is 0.356. The van der Waals surface area contributed by atoms with Gasteiger partial charge in [0.05, 0.1) is 0 Å². The summed E-state index contributed by atoms with van der Waals surface area (Å²) in [7, 11) is 0. The van der Waals surface area contributed by atoms with Crippen LogP contribution in [0.3, 0.4) is 0 Å². The van der Waals surface area contributed by atoms with Crippen LogP contribution >= 0.6 is 39.1 Å². The molecule has 0 bridgehead atoms. The van der Waals surface area contributed by atoms with Crippen LogP contribution in [0.15, 0.2) is 22.9 Å². The Kier molecular flexibility index (Phi) is 3.42. The molecule has 16 heavy (non-hydrogen) atoms. The van der Waals surface area contributed by atoms with Crippen molar-refractivity contribution in [3.8, 4) is 11.4 Å². The summed E-state index contributed by atoms with van der Waals surface area (Å²) in [5, 5.41) is 0.713. The minimum Gasteiger partial charge on any atom is -0.263 e. The Morgan fingerprint density at radius 3 is 2.31 bits per heavy atom. The molecule has 2 heterocycles. The maximum absolute atomic E-state index is 5.94. The summed E-state index contributed by atoms with van der Waals surface area (Å²) in [4.78, 5) is 12.3. The number of halogens is 3. The topological polar surface area (TPSA) is 38.7 Å². The SMILES string of the molecule is Cc1c(Cl)nc(-c2cncc(Br)c2)nc1Cl. The van der Waals surface area contributed by atoms with Crippen LogP contribution in [-0.2, 0) is 0 Å². The van der Waals surface area contributed by atoms with E-state index in [0.717, 1.165) is 10.0 Å². The second-order valence-corrected chi connectivity index (χ2v) is 4.78. The van der Waals surface area contributed by atoms with Gasteiger partial charge < -0.3 is 0 Å². The second-order valence-electron chi connectivity index (χ2n) is 3.15. The van der Waals surface area contributed by atoms with E-state index in [1.54, 1.807) is 19.3 Å². The van der Waals surface area contributed by atoms with Crippen LogP contribution in [0.25, 0.3) is 11.4 Å². The molecule has 0 N–H and O–H groups in total. The maximum Gasteiger partial charge on any atom is 0.164 e. The number of aromatic nitrogens is 3. The summed E-state index contributed by atoms with van der Waals surface area (Å²) in [6.07, 6.45) is 3.34. The Morgan fingerprint density at radius 1 is 1.12 bits per heavy atom. The third kappa shape index (κ3) is 2.34. The molecule has 0 aliphatic rings. The van der Waals surface area contributed by atoms with E-state index in [2.05, 4.69) is 30.9 Å². The van der Waals surface area contributed by atoms with Crippen molar-refractivity contribution in [3.63, 3.8) is 0 Å². The maximum atomic E-state index is 5.94. The number of rotatable bonds is 1. The second kappa shape index (κ2) is 4.65. The largest absolute Gasteiger partial charge is 0.263 e. The fourth-order valence-electron chi connectivity index (χ4n) is 1.13. The molecule has 0 aliphatic heterocycles. The molecule has 0 fully saturated rings. The third-order valence-electron chi connectivity index (χ3n) is 1.99. The zero-order valence-corrected chi connectivity index (χ0v) is 11.3. The summed E-state index contributed by atoms with van der Waals surface area (Å²) in [6, 6.07) is 1.85. The molecule has 3 nitrogen and oxygen atoms in total. The van der Waals surface area contributed by atoms with E-state index in [1.807, 2.05) is 6.07 Å². The van der Waals surface area contributed by atoms with Gasteiger partial charge in [0.15, 0.2) is 5.82 Å². The molecule has 0 spiro atoms. The zero-order valence-electron chi connectivity index (χ0n) is 8.21. The first-order valence-electron chi connectivity index (χ1n) is 4.38. The van der Waals surface area contributed by atoms with Gasteiger partial charge in [-0.15, -0.1) is 0 Å². The van der Waals surface area contributed by atoms with Crippen LogP contribution in [-0.4, -0.2) is 15.0 Å². The Morgan fingerprint density at radius 2 is 1.75 bits per heavy atom. The minimum atomic E-state index is 0.356. The van der Waals surface area contributed by atoms with Gasteiger partial charge in [0.2, 0.25) is 0 Å². The molecule has 2 rings (SSSR count). The van der Waals surface area contributed by atoms with E-state index in [0.29, 0.717) is 21.7 Å². The highest BCUT2D eigenvalue weighted by Crippen LogP contribution is 2.25. The summed E-state index contributed by atoms with van der Waals surface area (Å²) in [5.74, 6) is 0.467. The average Bonchev–Trinajstić information content (AvgIpc) is 2.25. The first-order valence-corrected chi connectivity index (χ1v) is 5.93. The Hall–Kier alpha value is -0.710. The van der Waals surface area contributed by atoms with E-state index >= 15 is 0 Å². The molecular formula is C10H6BrCl2N3. The summed E-state index contributed by atoms with van der Waals surface area (Å²) in [6.45, 7) is 1.77. The molecule has 0 saturated carbocycles. The van der Waals surface area contributed by atoms with Gasteiger partial charge in [0.25, 0.3) is 0 Å². The highest BCUT2D eigenvalue weighted by molar-refractivity contribution is 9.10. The predicted octanol–water partition coefficient (Wildman–Crippen LogP) is 3.92. The Bertz CT molecular complexity index is 522. The molecule has 2 aromatic rings. The molecule has 0 aromatic carbocycles. The molecule has 0 atom stereocenters. The van der Waals surface area contributed by atoms with Crippen molar-refractivity contribution in [1.29, 1.82) is 0 Å². The number of pyridine rings is 1. The first-order chi connectivity index (χ1) is 7.58. The van der Waals surface area contributed by atoms with Crippen molar-refractivity contribution in [2.24, 2.45) is 0 Å². The van der Waals surface area contributed by atoms with Gasteiger partial charge >= 0.3 is 0 Å². The average molecular weight is 319 g/mol. The monoisotopic (exact) mass is 317 g/mol. The smallest absolute Gasteiger partial charge is 0.164 e. The van der Waals surface area contributed by atoms with Crippen LogP contribution in [0.4, 0.5) is 0 Å². The highest BCUT2D eigenvalue weighted by Gasteiger charge is 2.09. The quantitative estimate of drug-likeness (QED) is 0.748. The van der Waals surface area contributed by atoms with Gasteiger partial charge in [-0.25, -0.2) is 9.97 Å². The van der Waals surface area contributed by atoms with Crippen LogP contribution in [0.5, 0.6) is 0 Å². The van der Waals surface area contributed by atoms with E-state index in [9.17, 15) is 0 Å². The summed E-state index contributed by atoms with van der Waals surface area (Å²) >= 11 is 15.2. The van der Waals surface area contributed by atoms with Crippen LogP contribution in [0.1, 0.15) is 5.56 Å². The fourth-order valence-corrected chi connectivity index (χ4v) is 1.88. The van der Waals surface area contributed by atoms with Gasteiger partial charge in [-0.1, -0.05) is 23.2 Å². The lowest BCUT2D eigenvalue weighted by atomic mass is 10.2. The summed E-state index contributed by atoms with van der Waals surface area (Å²) < 4.78 is 0.849. The normalized spacial score (nSPS) is 10.5. The van der Waals surface area contributed by atoms with Crippen molar-refractivity contribution in [1.82, 2.24) is 15.0 Å². The van der Waals surface area contributed by atoms with Crippen molar-refractivity contribution in [2.45, 2.75) is 6.92 Å². The molecule has 0 radical (unpaired) electrons. The lowest BCUT2D eigenvalue weighted by Crippen LogP contribution is -1.94. The van der Waals surface area contributed by atoms with Gasteiger partial charge in [0.1, 0.15) is 10.3 Å². The van der Waals surface area contributed by atoms with Crippen molar-refractivity contribution >= 4 is 39.1 Å². The zero-order chi connectivity index (χ0) is 11.7. The van der Waals surface area contributed by atoms with Crippen molar-refractivity contribution < 1.29 is 0 Å². The highest BCUT2D eigenvalue weighted by atomic mass is 79.9. The Balaban J connectivity index is 2.57. The predicted molar refractivity (Wildman–Crippen MR) is 67.7 cm³/mol. The van der Waals surface area contributed by atoms with Crippen LogP contribution in [0, 0.1) is 6.92 Å². The fraction of sp³-hybridized carbons (Fsp3) is 0.100. The molecule has 2 aromatic heterocycles. The molecule has 0 amide bonds. The lowest BCUT2D eigenvalue weighted by molar-refractivity contribution is 1.13. The van der Waals surface area contributed by atoms with E-state index < -0.39 is 0 Å². The molecule has 82 valence electrons. The molecule has 0 unspecified atom stereocenters. The van der Waals surface area contributed by atoms with E-state index in [4.69, 9.17) is 23.2 Å². The van der Waals surface area contributed by atoms with Gasteiger partial charge in [0, 0.05) is 28.0 Å². The number of nitrogens with zero attached hydrogens (tertiary/aromatic N) is 3. The molecule has 0 aliphatic carbocycles. The van der Waals surface area contributed by atoms with Crippen molar-refractivity contribution in [3.05, 3.63) is 38.8 Å². The summed E-state index contributed by atoms with van der Waals surface area (Å²) in [5.41, 5.74) is 1.44. The molecular weight excluding hydrogens is 313 g/mol. The van der Waals surface area contributed by atoms with E-state index in [-0.39, 0.29) is 0 Å². The number of hydrogen-bond acceptors (Lipinski definition) is 3. The van der Waals surface area contributed by atoms with Gasteiger partial charge in [-0.3, -0.25) is 4.98 Å². The van der Waals surface area contributed by atoms with Crippen molar-refractivity contribution in [2.75, 3.05) is 0 Å². The van der Waals surface area contributed by atoms with Gasteiger partial charge in [-0.05, 0) is 28.9 Å².